The van der Waals surface area contributed by atoms with Gasteiger partial charge in [0.05, 0.1) is 23.0 Å². The summed E-state index contributed by atoms with van der Waals surface area (Å²) < 4.78 is 0. The SMILES string of the molecule is C=C(NNCc1ccccc1)c1ccc2c(c1)N=C(c1ccc(C#N)cc1)c1ccccc1S2. The fourth-order valence-electron chi connectivity index (χ4n) is 3.77. The molecule has 0 spiro atoms. The summed E-state index contributed by atoms with van der Waals surface area (Å²) in [6.45, 7) is 4.90. The molecular formula is C29H22N4S. The van der Waals surface area contributed by atoms with Crippen LogP contribution in [0.4, 0.5) is 5.69 Å². The third-order valence-corrected chi connectivity index (χ3v) is 6.70. The Morgan fingerprint density at radius 2 is 1.65 bits per heavy atom. The Morgan fingerprint density at radius 3 is 2.44 bits per heavy atom. The van der Waals surface area contributed by atoms with Gasteiger partial charge in [-0.1, -0.05) is 85.1 Å². The van der Waals surface area contributed by atoms with Gasteiger partial charge in [0, 0.05) is 38.7 Å². The molecule has 1 aliphatic heterocycles. The topological polar surface area (TPSA) is 60.2 Å². The van der Waals surface area contributed by atoms with Crippen LogP contribution >= 0.6 is 11.8 Å². The van der Waals surface area contributed by atoms with Gasteiger partial charge in [-0.2, -0.15) is 5.26 Å². The molecule has 5 heteroatoms. The molecule has 0 bridgehead atoms. The second-order valence-electron chi connectivity index (χ2n) is 7.87. The predicted molar refractivity (Wildman–Crippen MR) is 139 cm³/mol. The number of benzene rings is 4. The molecular weight excluding hydrogens is 436 g/mol. The molecule has 4 aromatic rings. The van der Waals surface area contributed by atoms with Gasteiger partial charge in [-0.15, -0.1) is 0 Å². The largest absolute Gasteiger partial charge is 0.321 e. The monoisotopic (exact) mass is 458 g/mol. The Balaban J connectivity index is 1.45. The molecule has 0 unspecified atom stereocenters. The summed E-state index contributed by atoms with van der Waals surface area (Å²) in [5, 5.41) is 9.18. The van der Waals surface area contributed by atoms with Crippen LogP contribution < -0.4 is 10.9 Å². The fourth-order valence-corrected chi connectivity index (χ4v) is 4.78. The third kappa shape index (κ3) is 4.65. The first-order chi connectivity index (χ1) is 16.7. The Hall–Kier alpha value is -4.11. The van der Waals surface area contributed by atoms with Crippen LogP contribution in [0.2, 0.25) is 0 Å². The van der Waals surface area contributed by atoms with E-state index in [1.165, 1.54) is 5.56 Å². The molecule has 164 valence electrons. The van der Waals surface area contributed by atoms with Gasteiger partial charge in [0.15, 0.2) is 0 Å². The minimum Gasteiger partial charge on any atom is -0.321 e. The standard InChI is InChI=1S/C29H22N4S/c1-20(33-31-19-22-7-3-2-4-8-22)24-15-16-28-26(17-24)32-29(23-13-11-21(18-30)12-14-23)25-9-5-6-10-27(25)34-28/h2-17,31,33H,1,19H2. The van der Waals surface area contributed by atoms with Crippen molar-refractivity contribution in [2.75, 3.05) is 0 Å². The average molecular weight is 459 g/mol. The summed E-state index contributed by atoms with van der Waals surface area (Å²) in [4.78, 5) is 7.34. The van der Waals surface area contributed by atoms with Gasteiger partial charge in [0.25, 0.3) is 0 Å². The van der Waals surface area contributed by atoms with E-state index < -0.39 is 0 Å². The Labute approximate surface area is 203 Å². The van der Waals surface area contributed by atoms with Gasteiger partial charge >= 0.3 is 0 Å². The van der Waals surface area contributed by atoms with Crippen LogP contribution in [0.15, 0.2) is 118 Å². The molecule has 34 heavy (non-hydrogen) atoms. The van der Waals surface area contributed by atoms with Gasteiger partial charge in [-0.05, 0) is 35.9 Å². The molecule has 5 rings (SSSR count). The number of fused-ring (bicyclic) bond motifs is 2. The Morgan fingerprint density at radius 1 is 0.882 bits per heavy atom. The molecule has 0 fully saturated rings. The molecule has 0 saturated carbocycles. The predicted octanol–water partition coefficient (Wildman–Crippen LogP) is 6.46. The van der Waals surface area contributed by atoms with Gasteiger partial charge in [-0.25, -0.2) is 10.4 Å². The van der Waals surface area contributed by atoms with Crippen molar-refractivity contribution in [3.63, 3.8) is 0 Å². The maximum absolute atomic E-state index is 9.18. The van der Waals surface area contributed by atoms with Crippen molar-refractivity contribution in [3.05, 3.63) is 131 Å². The van der Waals surface area contributed by atoms with Crippen LogP contribution in [0.1, 0.15) is 27.8 Å². The molecule has 4 aromatic carbocycles. The van der Waals surface area contributed by atoms with Crippen LogP contribution in [0, 0.1) is 11.3 Å². The molecule has 0 atom stereocenters. The number of nitrogens with zero attached hydrogens (tertiary/aromatic N) is 2. The van der Waals surface area contributed by atoms with Crippen LogP contribution in [0.25, 0.3) is 5.70 Å². The highest BCUT2D eigenvalue weighted by Crippen LogP contribution is 2.42. The summed E-state index contributed by atoms with van der Waals surface area (Å²) >= 11 is 1.71. The quantitative estimate of drug-likeness (QED) is 0.287. The molecule has 1 aliphatic rings. The van der Waals surface area contributed by atoms with E-state index >= 15 is 0 Å². The van der Waals surface area contributed by atoms with E-state index in [0.717, 1.165) is 43.6 Å². The molecule has 0 amide bonds. The van der Waals surface area contributed by atoms with E-state index in [1.54, 1.807) is 11.8 Å². The van der Waals surface area contributed by atoms with E-state index in [0.29, 0.717) is 12.1 Å². The van der Waals surface area contributed by atoms with E-state index in [1.807, 2.05) is 54.6 Å². The van der Waals surface area contributed by atoms with E-state index in [4.69, 9.17) is 4.99 Å². The molecule has 4 nitrogen and oxygen atoms in total. The first kappa shape index (κ1) is 21.7. The van der Waals surface area contributed by atoms with Crippen LogP contribution in [0.3, 0.4) is 0 Å². The number of aliphatic imine (C=N–C) groups is 1. The highest BCUT2D eigenvalue weighted by molar-refractivity contribution is 7.99. The van der Waals surface area contributed by atoms with Crippen molar-refractivity contribution < 1.29 is 0 Å². The molecule has 0 aliphatic carbocycles. The summed E-state index contributed by atoms with van der Waals surface area (Å²) in [5.74, 6) is 0. The number of hydrogen-bond acceptors (Lipinski definition) is 5. The maximum atomic E-state index is 9.18. The van der Waals surface area contributed by atoms with Crippen molar-refractivity contribution in [3.8, 4) is 6.07 Å². The smallest absolute Gasteiger partial charge is 0.0991 e. The minimum absolute atomic E-state index is 0.633. The van der Waals surface area contributed by atoms with Crippen molar-refractivity contribution in [2.45, 2.75) is 16.3 Å². The number of hydrogen-bond donors (Lipinski definition) is 2. The summed E-state index contributed by atoms with van der Waals surface area (Å²) in [7, 11) is 0. The van der Waals surface area contributed by atoms with Crippen molar-refractivity contribution >= 4 is 28.9 Å². The van der Waals surface area contributed by atoms with Crippen LogP contribution in [-0.4, -0.2) is 5.71 Å². The van der Waals surface area contributed by atoms with Crippen LogP contribution in [0.5, 0.6) is 0 Å². The number of hydrazine groups is 1. The normalized spacial score (nSPS) is 11.9. The van der Waals surface area contributed by atoms with E-state index in [9.17, 15) is 5.26 Å². The number of nitrogens with one attached hydrogen (secondary N) is 2. The summed E-state index contributed by atoms with van der Waals surface area (Å²) in [6.07, 6.45) is 0. The number of nitriles is 1. The minimum atomic E-state index is 0.633. The first-order valence-corrected chi connectivity index (χ1v) is 11.8. The lowest BCUT2D eigenvalue weighted by Crippen LogP contribution is -2.29. The fraction of sp³-hybridized carbons (Fsp3) is 0.0345. The lowest BCUT2D eigenvalue weighted by atomic mass is 10.0. The third-order valence-electron chi connectivity index (χ3n) is 5.56. The van der Waals surface area contributed by atoms with Crippen LogP contribution in [-0.2, 0) is 6.54 Å². The zero-order valence-electron chi connectivity index (χ0n) is 18.5. The van der Waals surface area contributed by atoms with Gasteiger partial charge < -0.3 is 5.43 Å². The lowest BCUT2D eigenvalue weighted by Gasteiger charge is -2.13. The highest BCUT2D eigenvalue weighted by atomic mass is 32.2. The van der Waals surface area contributed by atoms with Gasteiger partial charge in [0.1, 0.15) is 0 Å². The van der Waals surface area contributed by atoms with E-state index in [2.05, 4.69) is 66.0 Å². The van der Waals surface area contributed by atoms with Crippen molar-refractivity contribution in [1.82, 2.24) is 10.9 Å². The molecule has 1 heterocycles. The molecule has 0 radical (unpaired) electrons. The second kappa shape index (κ2) is 9.80. The molecule has 2 N–H and O–H groups in total. The summed E-state index contributed by atoms with van der Waals surface area (Å²) in [5.41, 5.74) is 13.9. The Kier molecular flexibility index (Phi) is 6.26. The lowest BCUT2D eigenvalue weighted by molar-refractivity contribution is 0.640. The zero-order chi connectivity index (χ0) is 23.3. The van der Waals surface area contributed by atoms with Crippen molar-refractivity contribution in [2.24, 2.45) is 4.99 Å². The second-order valence-corrected chi connectivity index (χ2v) is 8.96. The Bertz CT molecular complexity index is 1420. The zero-order valence-corrected chi connectivity index (χ0v) is 19.3. The van der Waals surface area contributed by atoms with E-state index in [-0.39, 0.29) is 0 Å². The van der Waals surface area contributed by atoms with Crippen molar-refractivity contribution in [1.29, 1.82) is 5.26 Å². The highest BCUT2D eigenvalue weighted by Gasteiger charge is 2.19. The first-order valence-electron chi connectivity index (χ1n) is 10.9. The average Bonchev–Trinajstić information content (AvgIpc) is 3.05. The maximum Gasteiger partial charge on any atom is 0.0991 e. The number of rotatable bonds is 6. The van der Waals surface area contributed by atoms with Gasteiger partial charge in [-0.3, -0.25) is 0 Å². The molecule has 0 aromatic heterocycles. The molecule has 0 saturated heterocycles. The van der Waals surface area contributed by atoms with Gasteiger partial charge in [0.2, 0.25) is 0 Å². The summed E-state index contributed by atoms with van der Waals surface area (Å²) in [6, 6.07) is 34.5.